The number of halogens is 1. The van der Waals surface area contributed by atoms with Crippen molar-refractivity contribution in [2.75, 3.05) is 10.6 Å². The number of rotatable bonds is 7. The van der Waals surface area contributed by atoms with Gasteiger partial charge in [-0.25, -0.2) is 0 Å². The second kappa shape index (κ2) is 10.6. The van der Waals surface area contributed by atoms with Crippen molar-refractivity contribution in [1.82, 2.24) is 0 Å². The molecule has 4 aromatic rings. The van der Waals surface area contributed by atoms with E-state index in [-0.39, 0.29) is 23.5 Å². The molecule has 0 spiro atoms. The number of hydrogen-bond donors (Lipinski definition) is 2. The van der Waals surface area contributed by atoms with E-state index in [1.54, 1.807) is 12.1 Å². The molecule has 0 aromatic heterocycles. The first-order chi connectivity index (χ1) is 16.0. The summed E-state index contributed by atoms with van der Waals surface area (Å²) in [5.74, 6) is -0.155. The summed E-state index contributed by atoms with van der Waals surface area (Å²) in [7, 11) is 0. The highest BCUT2D eigenvalue weighted by molar-refractivity contribution is 8.00. The topological polar surface area (TPSA) is 58.2 Å². The third-order valence-corrected chi connectivity index (χ3v) is 6.51. The largest absolute Gasteiger partial charge is 0.326 e. The molecule has 2 N–H and O–H groups in total. The quantitative estimate of drug-likeness (QED) is 0.290. The van der Waals surface area contributed by atoms with E-state index in [0.29, 0.717) is 10.7 Å². The van der Waals surface area contributed by atoms with E-state index in [2.05, 4.69) is 10.6 Å². The van der Waals surface area contributed by atoms with E-state index in [1.807, 2.05) is 85.8 Å². The smallest absolute Gasteiger partial charge is 0.237 e. The van der Waals surface area contributed by atoms with Gasteiger partial charge in [0.2, 0.25) is 11.8 Å². The zero-order valence-electron chi connectivity index (χ0n) is 18.0. The Morgan fingerprint density at radius 2 is 1.55 bits per heavy atom. The lowest BCUT2D eigenvalue weighted by Crippen LogP contribution is -2.22. The fraction of sp³-hybridized carbons (Fsp3) is 0.111. The molecule has 0 aliphatic rings. The number of thioether (sulfide) groups is 1. The van der Waals surface area contributed by atoms with Gasteiger partial charge in [-0.2, -0.15) is 0 Å². The molecule has 0 aliphatic carbocycles. The Hall–Kier alpha value is -3.28. The van der Waals surface area contributed by atoms with Gasteiger partial charge in [-0.15, -0.1) is 11.8 Å². The minimum atomic E-state index is -0.283. The Morgan fingerprint density at radius 1 is 0.848 bits per heavy atom. The lowest BCUT2D eigenvalue weighted by molar-refractivity contribution is -0.116. The Morgan fingerprint density at radius 3 is 2.30 bits per heavy atom. The number of benzene rings is 4. The molecule has 2 amide bonds. The molecule has 1 atom stereocenters. The molecular weight excluding hydrogens is 452 g/mol. The molecule has 4 aromatic carbocycles. The molecule has 0 radical (unpaired) electrons. The number of anilines is 2. The first-order valence-electron chi connectivity index (χ1n) is 10.6. The maximum Gasteiger partial charge on any atom is 0.237 e. The Kier molecular flexibility index (Phi) is 7.33. The highest BCUT2D eigenvalue weighted by atomic mass is 35.5. The van der Waals surface area contributed by atoms with Crippen LogP contribution in [0.15, 0.2) is 95.9 Å². The average molecular weight is 475 g/mol. The van der Waals surface area contributed by atoms with Crippen LogP contribution in [-0.4, -0.2) is 17.1 Å². The van der Waals surface area contributed by atoms with E-state index in [1.165, 1.54) is 11.8 Å². The first-order valence-corrected chi connectivity index (χ1v) is 11.8. The van der Waals surface area contributed by atoms with Crippen LogP contribution in [0.1, 0.15) is 12.5 Å². The highest BCUT2D eigenvalue weighted by Crippen LogP contribution is 2.28. The average Bonchev–Trinajstić information content (AvgIpc) is 2.82. The van der Waals surface area contributed by atoms with Crippen molar-refractivity contribution >= 4 is 57.3 Å². The van der Waals surface area contributed by atoms with Crippen LogP contribution in [0.4, 0.5) is 11.4 Å². The molecule has 0 saturated carbocycles. The van der Waals surface area contributed by atoms with Crippen LogP contribution in [0.2, 0.25) is 5.02 Å². The van der Waals surface area contributed by atoms with Crippen molar-refractivity contribution in [3.05, 3.63) is 102 Å². The number of nitrogens with one attached hydrogen (secondary N) is 2. The van der Waals surface area contributed by atoms with Gasteiger partial charge >= 0.3 is 0 Å². The second-order valence-corrected chi connectivity index (χ2v) is 9.50. The van der Waals surface area contributed by atoms with Gasteiger partial charge < -0.3 is 10.6 Å². The van der Waals surface area contributed by atoms with Crippen LogP contribution in [0, 0.1) is 0 Å². The van der Waals surface area contributed by atoms with Crippen molar-refractivity contribution in [3.8, 4) is 0 Å². The van der Waals surface area contributed by atoms with E-state index < -0.39 is 0 Å². The normalized spacial score (nSPS) is 11.7. The van der Waals surface area contributed by atoms with Gasteiger partial charge in [-0.1, -0.05) is 60.1 Å². The number of carbonyl (C=O) groups is 2. The third kappa shape index (κ3) is 6.15. The van der Waals surface area contributed by atoms with Crippen LogP contribution >= 0.6 is 23.4 Å². The zero-order valence-corrected chi connectivity index (χ0v) is 19.6. The van der Waals surface area contributed by atoms with Crippen LogP contribution in [0.5, 0.6) is 0 Å². The van der Waals surface area contributed by atoms with E-state index in [9.17, 15) is 9.59 Å². The predicted octanol–water partition coefficient (Wildman–Crippen LogP) is 6.79. The van der Waals surface area contributed by atoms with Gasteiger partial charge in [0.25, 0.3) is 0 Å². The standard InChI is InChI=1S/C27H23ClN2O2S/c1-18(27(32)30-25-8-4-6-20-5-2-3-7-24(20)25)33-23-15-13-22(14-16-23)29-26(31)17-19-9-11-21(28)12-10-19/h2-16,18H,17H2,1H3,(H,29,31)(H,30,32). The summed E-state index contributed by atoms with van der Waals surface area (Å²) in [4.78, 5) is 26.0. The number of carbonyl (C=O) groups excluding carboxylic acids is 2. The van der Waals surface area contributed by atoms with Gasteiger partial charge in [0.1, 0.15) is 0 Å². The lowest BCUT2D eigenvalue weighted by atomic mass is 10.1. The summed E-state index contributed by atoms with van der Waals surface area (Å²) in [5.41, 5.74) is 2.42. The van der Waals surface area contributed by atoms with Gasteiger partial charge in [0, 0.05) is 26.7 Å². The van der Waals surface area contributed by atoms with Crippen molar-refractivity contribution in [2.24, 2.45) is 0 Å². The zero-order chi connectivity index (χ0) is 23.2. The number of hydrogen-bond acceptors (Lipinski definition) is 3. The monoisotopic (exact) mass is 474 g/mol. The van der Waals surface area contributed by atoms with Crippen LogP contribution in [0.3, 0.4) is 0 Å². The fourth-order valence-corrected chi connectivity index (χ4v) is 4.43. The maximum absolute atomic E-state index is 12.8. The molecule has 0 bridgehead atoms. The van der Waals surface area contributed by atoms with E-state index >= 15 is 0 Å². The second-order valence-electron chi connectivity index (χ2n) is 7.65. The molecule has 6 heteroatoms. The van der Waals surface area contributed by atoms with Crippen molar-refractivity contribution in [1.29, 1.82) is 0 Å². The first kappa shape index (κ1) is 22.9. The SMILES string of the molecule is CC(Sc1ccc(NC(=O)Cc2ccc(Cl)cc2)cc1)C(=O)Nc1cccc2ccccc12. The lowest BCUT2D eigenvalue weighted by Gasteiger charge is -2.14. The summed E-state index contributed by atoms with van der Waals surface area (Å²) in [6.07, 6.45) is 0.277. The number of amides is 2. The minimum absolute atomic E-state index is 0.0586. The summed E-state index contributed by atoms with van der Waals surface area (Å²) in [5, 5.41) is 8.41. The Balaban J connectivity index is 1.32. The molecule has 33 heavy (non-hydrogen) atoms. The predicted molar refractivity (Wildman–Crippen MR) is 138 cm³/mol. The summed E-state index contributed by atoms with van der Waals surface area (Å²) in [6.45, 7) is 1.88. The molecule has 1 unspecified atom stereocenters. The van der Waals surface area contributed by atoms with Gasteiger partial charge in [-0.05, 0) is 60.3 Å². The molecule has 0 aliphatic heterocycles. The van der Waals surface area contributed by atoms with Crippen molar-refractivity contribution in [3.63, 3.8) is 0 Å². The van der Waals surface area contributed by atoms with E-state index in [4.69, 9.17) is 11.6 Å². The van der Waals surface area contributed by atoms with Crippen molar-refractivity contribution in [2.45, 2.75) is 23.5 Å². The fourth-order valence-electron chi connectivity index (χ4n) is 3.44. The molecule has 0 saturated heterocycles. The van der Waals surface area contributed by atoms with Gasteiger partial charge in [0.05, 0.1) is 11.7 Å². The molecule has 4 nitrogen and oxygen atoms in total. The molecule has 4 rings (SSSR count). The van der Waals surface area contributed by atoms with Crippen LogP contribution in [-0.2, 0) is 16.0 Å². The maximum atomic E-state index is 12.8. The van der Waals surface area contributed by atoms with Crippen LogP contribution < -0.4 is 10.6 Å². The van der Waals surface area contributed by atoms with Gasteiger partial charge in [0.15, 0.2) is 0 Å². The molecule has 166 valence electrons. The molecule has 0 fully saturated rings. The Bertz CT molecular complexity index is 1270. The molecule has 0 heterocycles. The third-order valence-electron chi connectivity index (χ3n) is 5.15. The minimum Gasteiger partial charge on any atom is -0.326 e. The molecular formula is C27H23ClN2O2S. The van der Waals surface area contributed by atoms with E-state index in [0.717, 1.165) is 26.9 Å². The van der Waals surface area contributed by atoms with Gasteiger partial charge in [-0.3, -0.25) is 9.59 Å². The highest BCUT2D eigenvalue weighted by Gasteiger charge is 2.16. The van der Waals surface area contributed by atoms with Crippen molar-refractivity contribution < 1.29 is 9.59 Å². The Labute approximate surface area is 202 Å². The summed E-state index contributed by atoms with van der Waals surface area (Å²) in [6, 6.07) is 28.6. The summed E-state index contributed by atoms with van der Waals surface area (Å²) < 4.78 is 0. The number of fused-ring (bicyclic) bond motifs is 1. The van der Waals surface area contributed by atoms with Crippen LogP contribution in [0.25, 0.3) is 10.8 Å². The summed E-state index contributed by atoms with van der Waals surface area (Å²) >= 11 is 7.35.